The van der Waals surface area contributed by atoms with Gasteiger partial charge in [0.2, 0.25) is 0 Å². The molecule has 1 amide bonds. The van der Waals surface area contributed by atoms with Gasteiger partial charge in [0.1, 0.15) is 5.75 Å². The maximum Gasteiger partial charge on any atom is 0.412 e. The van der Waals surface area contributed by atoms with E-state index in [0.717, 1.165) is 32.4 Å². The fraction of sp³-hybridized carbons (Fsp3) is 0.435. The third-order valence-electron chi connectivity index (χ3n) is 5.02. The van der Waals surface area contributed by atoms with Crippen LogP contribution in [0, 0.1) is 0 Å². The Balaban J connectivity index is 1.48. The minimum absolute atomic E-state index is 0.357. The molecule has 2 aromatic carbocycles. The number of hydrogen-bond acceptors (Lipinski definition) is 3. The number of rotatable bonds is 9. The van der Waals surface area contributed by atoms with Crippen LogP contribution in [0.25, 0.3) is 0 Å². The molecule has 4 heteroatoms. The minimum Gasteiger partial charge on any atom is -0.410 e. The van der Waals surface area contributed by atoms with Crippen LogP contribution in [0.15, 0.2) is 48.5 Å². The Hall–Kier alpha value is -2.49. The van der Waals surface area contributed by atoms with Crippen molar-refractivity contribution in [3.63, 3.8) is 0 Å². The maximum absolute atomic E-state index is 12.0. The quantitative estimate of drug-likeness (QED) is 0.612. The SMILES string of the molecule is CCCCCCCNC(=O)Oc1ccc2c(c1)CCN2Cc1ccccc1. The maximum atomic E-state index is 12.0. The molecule has 0 aromatic heterocycles. The molecule has 1 aliphatic rings. The van der Waals surface area contributed by atoms with Gasteiger partial charge < -0.3 is 15.0 Å². The van der Waals surface area contributed by atoms with Crippen molar-refractivity contribution in [1.82, 2.24) is 5.32 Å². The van der Waals surface area contributed by atoms with Crippen LogP contribution in [0.1, 0.15) is 50.2 Å². The average Bonchev–Trinajstić information content (AvgIpc) is 3.07. The molecule has 4 nitrogen and oxygen atoms in total. The zero-order chi connectivity index (χ0) is 18.9. The normalized spacial score (nSPS) is 12.7. The van der Waals surface area contributed by atoms with Crippen molar-refractivity contribution in [1.29, 1.82) is 0 Å². The van der Waals surface area contributed by atoms with Gasteiger partial charge in [0.15, 0.2) is 0 Å². The third kappa shape index (κ3) is 5.75. The number of unbranched alkanes of at least 4 members (excludes halogenated alkanes) is 4. The molecule has 2 aromatic rings. The van der Waals surface area contributed by atoms with Crippen LogP contribution < -0.4 is 15.0 Å². The first-order valence-electron chi connectivity index (χ1n) is 10.1. The highest BCUT2D eigenvalue weighted by atomic mass is 16.6. The van der Waals surface area contributed by atoms with Crippen molar-refractivity contribution >= 4 is 11.8 Å². The predicted molar refractivity (Wildman–Crippen MR) is 110 cm³/mol. The lowest BCUT2D eigenvalue weighted by Gasteiger charge is -2.19. The van der Waals surface area contributed by atoms with Gasteiger partial charge in [-0.15, -0.1) is 0 Å². The van der Waals surface area contributed by atoms with E-state index in [0.29, 0.717) is 12.3 Å². The number of hydrogen-bond donors (Lipinski definition) is 1. The van der Waals surface area contributed by atoms with E-state index in [4.69, 9.17) is 4.74 Å². The van der Waals surface area contributed by atoms with Gasteiger partial charge in [-0.2, -0.15) is 0 Å². The number of carbonyl (C=O) groups is 1. The Labute approximate surface area is 162 Å². The van der Waals surface area contributed by atoms with Crippen LogP contribution in [-0.2, 0) is 13.0 Å². The average molecular weight is 367 g/mol. The van der Waals surface area contributed by atoms with Crippen molar-refractivity contribution in [2.75, 3.05) is 18.0 Å². The number of benzene rings is 2. The second kappa shape index (κ2) is 10.0. The Morgan fingerprint density at radius 3 is 2.70 bits per heavy atom. The Bertz CT molecular complexity index is 730. The molecule has 1 N–H and O–H groups in total. The van der Waals surface area contributed by atoms with Gasteiger partial charge in [-0.1, -0.05) is 62.9 Å². The molecule has 27 heavy (non-hydrogen) atoms. The Morgan fingerprint density at radius 2 is 1.89 bits per heavy atom. The van der Waals surface area contributed by atoms with E-state index in [1.807, 2.05) is 18.2 Å². The van der Waals surface area contributed by atoms with Crippen molar-refractivity contribution in [3.8, 4) is 5.75 Å². The van der Waals surface area contributed by atoms with Crippen LogP contribution in [0.3, 0.4) is 0 Å². The number of nitrogens with zero attached hydrogens (tertiary/aromatic N) is 1. The summed E-state index contributed by atoms with van der Waals surface area (Å²) < 4.78 is 5.45. The first kappa shape index (κ1) is 19.3. The third-order valence-corrected chi connectivity index (χ3v) is 5.02. The van der Waals surface area contributed by atoms with Crippen LogP contribution in [-0.4, -0.2) is 19.2 Å². The van der Waals surface area contributed by atoms with Gasteiger partial charge in [-0.05, 0) is 42.2 Å². The molecule has 0 bridgehead atoms. The lowest BCUT2D eigenvalue weighted by molar-refractivity contribution is 0.200. The van der Waals surface area contributed by atoms with Crippen molar-refractivity contribution in [2.45, 2.75) is 52.0 Å². The molecule has 0 spiro atoms. The molecular formula is C23H30N2O2. The lowest BCUT2D eigenvalue weighted by Crippen LogP contribution is -2.27. The molecule has 0 unspecified atom stereocenters. The summed E-state index contributed by atoms with van der Waals surface area (Å²) in [6.45, 7) is 4.79. The van der Waals surface area contributed by atoms with Gasteiger partial charge in [0.05, 0.1) is 0 Å². The highest BCUT2D eigenvalue weighted by molar-refractivity contribution is 5.71. The van der Waals surface area contributed by atoms with Crippen LogP contribution in [0.2, 0.25) is 0 Å². The summed E-state index contributed by atoms with van der Waals surface area (Å²) in [5.41, 5.74) is 3.79. The summed E-state index contributed by atoms with van der Waals surface area (Å²) in [5, 5.41) is 2.85. The van der Waals surface area contributed by atoms with E-state index >= 15 is 0 Å². The molecule has 0 fully saturated rings. The molecule has 0 saturated carbocycles. The Morgan fingerprint density at radius 1 is 1.07 bits per heavy atom. The second-order valence-corrected chi connectivity index (χ2v) is 7.18. The fourth-order valence-corrected chi connectivity index (χ4v) is 3.54. The van der Waals surface area contributed by atoms with Crippen molar-refractivity contribution < 1.29 is 9.53 Å². The molecule has 0 aliphatic carbocycles. The Kier molecular flexibility index (Phi) is 7.14. The number of carbonyl (C=O) groups excluding carboxylic acids is 1. The topological polar surface area (TPSA) is 41.6 Å². The minimum atomic E-state index is -0.357. The summed E-state index contributed by atoms with van der Waals surface area (Å²) in [5.74, 6) is 0.624. The smallest absolute Gasteiger partial charge is 0.410 e. The molecular weight excluding hydrogens is 336 g/mol. The number of anilines is 1. The molecule has 3 rings (SSSR count). The monoisotopic (exact) mass is 366 g/mol. The van der Waals surface area contributed by atoms with Gasteiger partial charge in [0.25, 0.3) is 0 Å². The first-order valence-corrected chi connectivity index (χ1v) is 10.1. The van der Waals surface area contributed by atoms with E-state index in [1.165, 1.54) is 36.1 Å². The highest BCUT2D eigenvalue weighted by Crippen LogP contribution is 2.32. The zero-order valence-corrected chi connectivity index (χ0v) is 16.2. The first-order chi connectivity index (χ1) is 13.3. The lowest BCUT2D eigenvalue weighted by atomic mass is 10.1. The second-order valence-electron chi connectivity index (χ2n) is 7.18. The van der Waals surface area contributed by atoms with E-state index < -0.39 is 0 Å². The number of ether oxygens (including phenoxy) is 1. The molecule has 0 atom stereocenters. The molecule has 0 radical (unpaired) electrons. The molecule has 1 aliphatic heterocycles. The summed E-state index contributed by atoms with van der Waals surface area (Å²) >= 11 is 0. The van der Waals surface area contributed by atoms with Crippen LogP contribution >= 0.6 is 0 Å². The van der Waals surface area contributed by atoms with Crippen LogP contribution in [0.4, 0.5) is 10.5 Å². The number of nitrogens with one attached hydrogen (secondary N) is 1. The predicted octanol–water partition coefficient (Wildman–Crippen LogP) is 5.31. The van der Waals surface area contributed by atoms with Crippen LogP contribution in [0.5, 0.6) is 5.75 Å². The summed E-state index contributed by atoms with van der Waals surface area (Å²) in [7, 11) is 0. The van der Waals surface area contributed by atoms with Crippen molar-refractivity contribution in [3.05, 3.63) is 59.7 Å². The number of amides is 1. The largest absolute Gasteiger partial charge is 0.412 e. The van der Waals surface area contributed by atoms with Crippen molar-refractivity contribution in [2.24, 2.45) is 0 Å². The number of fused-ring (bicyclic) bond motifs is 1. The van der Waals surface area contributed by atoms with E-state index in [9.17, 15) is 4.79 Å². The molecule has 0 saturated heterocycles. The van der Waals surface area contributed by atoms with E-state index in [2.05, 4.69) is 47.5 Å². The molecule has 144 valence electrons. The molecule has 1 heterocycles. The highest BCUT2D eigenvalue weighted by Gasteiger charge is 2.20. The van der Waals surface area contributed by atoms with Gasteiger partial charge in [-0.3, -0.25) is 0 Å². The standard InChI is InChI=1S/C23H30N2O2/c1-2-3-4-5-9-15-24-23(26)27-21-12-13-22-20(17-21)14-16-25(22)18-19-10-7-6-8-11-19/h6-8,10-13,17H,2-5,9,14-16,18H2,1H3,(H,24,26). The van der Waals surface area contributed by atoms with Gasteiger partial charge >= 0.3 is 6.09 Å². The van der Waals surface area contributed by atoms with E-state index in [-0.39, 0.29) is 6.09 Å². The summed E-state index contributed by atoms with van der Waals surface area (Å²) in [6.07, 6.45) is 6.52. The zero-order valence-electron chi connectivity index (χ0n) is 16.2. The van der Waals surface area contributed by atoms with E-state index in [1.54, 1.807) is 0 Å². The summed E-state index contributed by atoms with van der Waals surface area (Å²) in [6, 6.07) is 16.5. The fourth-order valence-electron chi connectivity index (χ4n) is 3.54. The van der Waals surface area contributed by atoms with Gasteiger partial charge in [-0.25, -0.2) is 4.79 Å². The van der Waals surface area contributed by atoms with Gasteiger partial charge in [0, 0.05) is 25.3 Å². The summed E-state index contributed by atoms with van der Waals surface area (Å²) in [4.78, 5) is 14.3.